The molecule has 3 rings (SSSR count). The van der Waals surface area contributed by atoms with Gasteiger partial charge in [-0.3, -0.25) is 9.89 Å². The van der Waals surface area contributed by atoms with E-state index in [0.29, 0.717) is 12.1 Å². The van der Waals surface area contributed by atoms with Crippen molar-refractivity contribution in [1.82, 2.24) is 15.2 Å². The topological polar surface area (TPSA) is 61.9 Å². The first-order chi connectivity index (χ1) is 9.16. The number of hydrogen-bond acceptors (Lipinski definition) is 4. The van der Waals surface area contributed by atoms with Crippen molar-refractivity contribution < 1.29 is 4.79 Å². The van der Waals surface area contributed by atoms with Gasteiger partial charge in [0.15, 0.2) is 11.4 Å². The third-order valence-corrected chi connectivity index (χ3v) is 3.14. The van der Waals surface area contributed by atoms with Gasteiger partial charge in [-0.05, 0) is 12.1 Å². The van der Waals surface area contributed by atoms with Crippen LogP contribution in [-0.2, 0) is 4.79 Å². The van der Waals surface area contributed by atoms with Crippen LogP contribution in [0.1, 0.15) is 12.1 Å². The molecule has 1 aliphatic rings. The summed E-state index contributed by atoms with van der Waals surface area (Å²) in [6.07, 6.45) is 7.67. The van der Waals surface area contributed by atoms with Crippen molar-refractivity contribution in [3.63, 3.8) is 0 Å². The van der Waals surface area contributed by atoms with Crippen LogP contribution < -0.4 is 4.90 Å². The lowest BCUT2D eigenvalue weighted by molar-refractivity contribution is -0.113. The Balaban J connectivity index is 2.25. The SMILES string of the molecule is CN(C)c1ccnc2n[nH]c(C3=CC(=O)CC=C3)c12. The zero-order valence-corrected chi connectivity index (χ0v) is 10.8. The van der Waals surface area contributed by atoms with Gasteiger partial charge in [0.1, 0.15) is 0 Å². The van der Waals surface area contributed by atoms with Crippen molar-refractivity contribution in [2.45, 2.75) is 6.42 Å². The predicted molar refractivity (Wildman–Crippen MR) is 75.0 cm³/mol. The Morgan fingerprint density at radius 3 is 2.95 bits per heavy atom. The third kappa shape index (κ3) is 1.93. The number of anilines is 1. The monoisotopic (exact) mass is 254 g/mol. The van der Waals surface area contributed by atoms with E-state index in [1.807, 2.05) is 37.2 Å². The highest BCUT2D eigenvalue weighted by Crippen LogP contribution is 2.31. The lowest BCUT2D eigenvalue weighted by Crippen LogP contribution is -2.09. The minimum absolute atomic E-state index is 0.107. The number of fused-ring (bicyclic) bond motifs is 1. The van der Waals surface area contributed by atoms with E-state index in [2.05, 4.69) is 15.2 Å². The number of nitrogens with one attached hydrogen (secondary N) is 1. The van der Waals surface area contributed by atoms with Gasteiger partial charge in [-0.1, -0.05) is 12.2 Å². The number of nitrogens with zero attached hydrogens (tertiary/aromatic N) is 3. The van der Waals surface area contributed by atoms with Crippen LogP contribution in [0.3, 0.4) is 0 Å². The third-order valence-electron chi connectivity index (χ3n) is 3.14. The molecule has 2 aromatic heterocycles. The van der Waals surface area contributed by atoms with E-state index in [1.165, 1.54) is 0 Å². The normalized spacial score (nSPS) is 14.8. The molecule has 2 heterocycles. The average molecular weight is 254 g/mol. The second-order valence-electron chi connectivity index (χ2n) is 4.69. The fourth-order valence-corrected chi connectivity index (χ4v) is 2.25. The average Bonchev–Trinajstić information content (AvgIpc) is 2.82. The minimum atomic E-state index is 0.107. The quantitative estimate of drug-likeness (QED) is 0.889. The Labute approximate surface area is 110 Å². The van der Waals surface area contributed by atoms with Crippen molar-refractivity contribution in [2.24, 2.45) is 0 Å². The first kappa shape index (κ1) is 11.6. The van der Waals surface area contributed by atoms with Crippen molar-refractivity contribution in [3.05, 3.63) is 36.2 Å². The Kier molecular flexibility index (Phi) is 2.67. The second-order valence-corrected chi connectivity index (χ2v) is 4.69. The molecule has 0 aromatic carbocycles. The summed E-state index contributed by atoms with van der Waals surface area (Å²) in [7, 11) is 3.95. The van der Waals surface area contributed by atoms with Gasteiger partial charge in [0, 0.05) is 32.3 Å². The molecule has 1 aliphatic carbocycles. The summed E-state index contributed by atoms with van der Waals surface area (Å²) in [5.41, 5.74) is 3.39. The lowest BCUT2D eigenvalue weighted by Gasteiger charge is -2.14. The van der Waals surface area contributed by atoms with Gasteiger partial charge >= 0.3 is 0 Å². The Bertz CT molecular complexity index is 709. The largest absolute Gasteiger partial charge is 0.377 e. The van der Waals surface area contributed by atoms with Crippen molar-refractivity contribution in [2.75, 3.05) is 19.0 Å². The van der Waals surface area contributed by atoms with Crippen LogP contribution in [0.15, 0.2) is 30.5 Å². The van der Waals surface area contributed by atoms with Gasteiger partial charge < -0.3 is 4.90 Å². The van der Waals surface area contributed by atoms with E-state index < -0.39 is 0 Å². The summed E-state index contributed by atoms with van der Waals surface area (Å²) in [6.45, 7) is 0. The molecule has 0 saturated heterocycles. The number of carbonyl (C=O) groups is 1. The number of rotatable bonds is 2. The number of aromatic nitrogens is 3. The molecule has 2 aromatic rings. The van der Waals surface area contributed by atoms with Gasteiger partial charge in [-0.2, -0.15) is 5.10 Å². The predicted octanol–water partition coefficient (Wildman–Crippen LogP) is 1.94. The van der Waals surface area contributed by atoms with Crippen LogP contribution in [0.5, 0.6) is 0 Å². The number of ketones is 1. The minimum Gasteiger partial charge on any atom is -0.377 e. The molecular weight excluding hydrogens is 240 g/mol. The molecule has 0 fully saturated rings. The van der Waals surface area contributed by atoms with E-state index in [0.717, 1.165) is 22.3 Å². The van der Waals surface area contributed by atoms with E-state index in [9.17, 15) is 4.79 Å². The molecule has 5 nitrogen and oxygen atoms in total. The molecule has 5 heteroatoms. The maximum Gasteiger partial charge on any atom is 0.183 e. The number of pyridine rings is 1. The molecule has 0 spiro atoms. The number of carbonyl (C=O) groups excluding carboxylic acids is 1. The van der Waals surface area contributed by atoms with E-state index in [4.69, 9.17) is 0 Å². The molecule has 96 valence electrons. The molecule has 0 bridgehead atoms. The van der Waals surface area contributed by atoms with E-state index >= 15 is 0 Å². The van der Waals surface area contributed by atoms with Crippen molar-refractivity contribution in [3.8, 4) is 0 Å². The van der Waals surface area contributed by atoms with Gasteiger partial charge in [0.05, 0.1) is 16.8 Å². The zero-order chi connectivity index (χ0) is 13.4. The lowest BCUT2D eigenvalue weighted by atomic mass is 10.0. The van der Waals surface area contributed by atoms with Gasteiger partial charge in [0.2, 0.25) is 0 Å². The molecule has 19 heavy (non-hydrogen) atoms. The molecule has 0 unspecified atom stereocenters. The second kappa shape index (κ2) is 4.35. The summed E-state index contributed by atoms with van der Waals surface area (Å²) in [4.78, 5) is 17.8. The summed E-state index contributed by atoms with van der Waals surface area (Å²) < 4.78 is 0. The van der Waals surface area contributed by atoms with Crippen LogP contribution >= 0.6 is 0 Å². The molecule has 0 atom stereocenters. The van der Waals surface area contributed by atoms with Crippen LogP contribution in [0, 0.1) is 0 Å². The standard InChI is InChI=1S/C14H14N4O/c1-18(2)11-6-7-15-14-12(11)13(16-17-14)9-4-3-5-10(19)8-9/h3-4,6-8H,5H2,1-2H3,(H,15,16,17). The maximum atomic E-state index is 11.5. The van der Waals surface area contributed by atoms with Gasteiger partial charge in [-0.15, -0.1) is 0 Å². The van der Waals surface area contributed by atoms with Gasteiger partial charge in [0.25, 0.3) is 0 Å². The van der Waals surface area contributed by atoms with Gasteiger partial charge in [-0.25, -0.2) is 4.98 Å². The summed E-state index contributed by atoms with van der Waals surface area (Å²) in [5, 5.41) is 8.14. The van der Waals surface area contributed by atoms with Crippen LogP contribution in [0.4, 0.5) is 5.69 Å². The van der Waals surface area contributed by atoms with Crippen LogP contribution in [-0.4, -0.2) is 35.1 Å². The first-order valence-corrected chi connectivity index (χ1v) is 6.08. The van der Waals surface area contributed by atoms with Crippen molar-refractivity contribution >= 4 is 28.1 Å². The highest BCUT2D eigenvalue weighted by Gasteiger charge is 2.16. The molecule has 1 N–H and O–H groups in total. The Morgan fingerprint density at radius 1 is 1.37 bits per heavy atom. The fourth-order valence-electron chi connectivity index (χ4n) is 2.25. The zero-order valence-electron chi connectivity index (χ0n) is 10.8. The fraction of sp³-hybridized carbons (Fsp3) is 0.214. The number of hydrogen-bond donors (Lipinski definition) is 1. The first-order valence-electron chi connectivity index (χ1n) is 6.08. The number of aromatic amines is 1. The molecule has 0 amide bonds. The van der Waals surface area contributed by atoms with Crippen LogP contribution in [0.25, 0.3) is 16.6 Å². The summed E-state index contributed by atoms with van der Waals surface area (Å²) >= 11 is 0. The van der Waals surface area contributed by atoms with E-state index in [1.54, 1.807) is 12.3 Å². The smallest absolute Gasteiger partial charge is 0.183 e. The maximum absolute atomic E-state index is 11.5. The molecule has 0 aliphatic heterocycles. The summed E-state index contributed by atoms with van der Waals surface area (Å²) in [6, 6.07) is 1.94. The highest BCUT2D eigenvalue weighted by molar-refractivity contribution is 6.07. The molecule has 0 saturated carbocycles. The summed E-state index contributed by atoms with van der Waals surface area (Å²) in [5.74, 6) is 0.107. The number of allylic oxidation sites excluding steroid dienone is 4. The Morgan fingerprint density at radius 2 is 2.21 bits per heavy atom. The Hall–Kier alpha value is -2.43. The number of H-pyrrole nitrogens is 1. The molecule has 0 radical (unpaired) electrons. The highest BCUT2D eigenvalue weighted by atomic mass is 16.1. The molecular formula is C14H14N4O. The van der Waals surface area contributed by atoms with Crippen molar-refractivity contribution in [1.29, 1.82) is 0 Å². The van der Waals surface area contributed by atoms with Crippen LogP contribution in [0.2, 0.25) is 0 Å². The van der Waals surface area contributed by atoms with E-state index in [-0.39, 0.29) is 5.78 Å².